The van der Waals surface area contributed by atoms with Gasteiger partial charge < -0.3 is 9.34 Å². The SMILES string of the molecule is CN1C(=O)N(C)P2C(Cl)(P1Cl)P1N(C)C(=O)N(C)P(Cl)C21Cl. The summed E-state index contributed by atoms with van der Waals surface area (Å²) < 4.78 is 4.28. The molecule has 3 saturated heterocycles. The van der Waals surface area contributed by atoms with E-state index in [0.29, 0.717) is 0 Å². The van der Waals surface area contributed by atoms with Gasteiger partial charge >= 0.3 is 12.1 Å². The quantitative estimate of drug-likeness (QED) is 0.349. The summed E-state index contributed by atoms with van der Waals surface area (Å²) in [7, 11) is 1.02. The van der Waals surface area contributed by atoms with Crippen molar-refractivity contribution >= 4 is 88.7 Å². The summed E-state index contributed by atoms with van der Waals surface area (Å²) in [4.78, 5) is 24.8. The van der Waals surface area contributed by atoms with E-state index in [2.05, 4.69) is 0 Å². The van der Waals surface area contributed by atoms with Crippen molar-refractivity contribution in [1.29, 1.82) is 0 Å². The molecule has 3 heterocycles. The van der Waals surface area contributed by atoms with E-state index in [0.717, 1.165) is 0 Å². The van der Waals surface area contributed by atoms with Gasteiger partial charge in [0.05, 0.1) is 16.1 Å². The van der Waals surface area contributed by atoms with Crippen LogP contribution in [0.1, 0.15) is 0 Å². The van der Waals surface area contributed by atoms with Crippen LogP contribution in [0.3, 0.4) is 0 Å². The highest BCUT2D eigenvalue weighted by Crippen LogP contribution is 3.11. The molecule has 14 heteroatoms. The summed E-state index contributed by atoms with van der Waals surface area (Å²) in [5.74, 6) is 0. The van der Waals surface area contributed by atoms with Crippen LogP contribution in [0.15, 0.2) is 0 Å². The van der Waals surface area contributed by atoms with E-state index in [9.17, 15) is 9.59 Å². The largest absolute Gasteiger partial charge is 0.327 e. The Morgan fingerprint density at radius 1 is 0.727 bits per heavy atom. The van der Waals surface area contributed by atoms with Gasteiger partial charge in [-0.2, -0.15) is 0 Å². The maximum Gasteiger partial charge on any atom is 0.327 e. The first-order valence-electron chi connectivity index (χ1n) is 5.95. The molecule has 3 fully saturated rings. The highest BCUT2D eigenvalue weighted by Gasteiger charge is 2.84. The number of hydrogen-bond acceptors (Lipinski definition) is 2. The van der Waals surface area contributed by atoms with Crippen molar-refractivity contribution in [1.82, 2.24) is 18.7 Å². The van der Waals surface area contributed by atoms with Gasteiger partial charge in [0, 0.05) is 28.2 Å². The van der Waals surface area contributed by atoms with Crippen LogP contribution in [0, 0.1) is 0 Å². The lowest BCUT2D eigenvalue weighted by Crippen LogP contribution is -2.61. The first-order chi connectivity index (χ1) is 10.0. The Balaban J connectivity index is 2.14. The number of carbonyl (C=O) groups is 2. The first kappa shape index (κ1) is 18.2. The maximum absolute atomic E-state index is 12.4. The van der Waals surface area contributed by atoms with Gasteiger partial charge in [-0.3, -0.25) is 9.34 Å². The monoisotopic (exact) mass is 460 g/mol. The Morgan fingerprint density at radius 2 is 1.00 bits per heavy atom. The Bertz CT molecular complexity index is 516. The van der Waals surface area contributed by atoms with Crippen LogP contribution in [0.2, 0.25) is 0 Å². The molecule has 0 aliphatic carbocycles. The Labute approximate surface area is 153 Å². The number of hydrogen-bond donors (Lipinski definition) is 0. The molecule has 0 bridgehead atoms. The lowest BCUT2D eigenvalue weighted by molar-refractivity contribution is 0.214. The minimum absolute atomic E-state index is 0.208. The fourth-order valence-electron chi connectivity index (χ4n) is 2.69. The lowest BCUT2D eigenvalue weighted by atomic mass is 10.9. The predicted octanol–water partition coefficient (Wildman–Crippen LogP) is 5.59. The van der Waals surface area contributed by atoms with E-state index in [-0.39, 0.29) is 12.1 Å². The molecule has 0 saturated carbocycles. The Kier molecular flexibility index (Phi) is 4.52. The van der Waals surface area contributed by atoms with Crippen LogP contribution in [-0.4, -0.2) is 67.1 Å². The Hall–Kier alpha value is 1.42. The van der Waals surface area contributed by atoms with Crippen LogP contribution < -0.4 is 0 Å². The highest BCUT2D eigenvalue weighted by molar-refractivity contribution is 8.22. The maximum atomic E-state index is 12.4. The minimum Gasteiger partial charge on any atom is -0.301 e. The van der Waals surface area contributed by atoms with E-state index in [1.807, 2.05) is 0 Å². The third kappa shape index (κ3) is 1.85. The lowest BCUT2D eigenvalue weighted by Gasteiger charge is -2.72. The molecule has 0 aromatic carbocycles. The molecular formula is C8H12Cl4N4O2P4. The number of urea groups is 2. The third-order valence-electron chi connectivity index (χ3n) is 3.78. The van der Waals surface area contributed by atoms with Gasteiger partial charge in [0.15, 0.2) is 8.19 Å². The predicted molar refractivity (Wildman–Crippen MR) is 98.4 cm³/mol. The molecule has 0 aromatic rings. The molecule has 0 spiro atoms. The summed E-state index contributed by atoms with van der Waals surface area (Å²) in [6, 6.07) is -0.416. The van der Waals surface area contributed by atoms with Gasteiger partial charge in [0.1, 0.15) is 14.9 Å². The molecule has 22 heavy (non-hydrogen) atoms. The van der Waals surface area contributed by atoms with Crippen molar-refractivity contribution in [2.75, 3.05) is 28.2 Å². The summed E-state index contributed by atoms with van der Waals surface area (Å²) in [5.41, 5.74) is 0. The zero-order valence-corrected chi connectivity index (χ0v) is 18.5. The van der Waals surface area contributed by atoms with Gasteiger partial charge in [0.25, 0.3) is 0 Å². The molecule has 3 aliphatic heterocycles. The topological polar surface area (TPSA) is 47.1 Å². The molecule has 124 valence electrons. The second kappa shape index (κ2) is 5.46. The summed E-state index contributed by atoms with van der Waals surface area (Å²) in [5, 5.41) is 0. The number of alkyl halides is 2. The number of amides is 4. The number of fused-ring (bicyclic) bond motifs is 4. The molecule has 6 nitrogen and oxygen atoms in total. The van der Waals surface area contributed by atoms with Gasteiger partial charge in [-0.05, 0) is 0 Å². The normalized spacial score (nSPS) is 48.2. The molecule has 0 radical (unpaired) electrons. The fraction of sp³-hybridized carbons (Fsp3) is 0.750. The Morgan fingerprint density at radius 3 is 1.27 bits per heavy atom. The van der Waals surface area contributed by atoms with Crippen LogP contribution in [-0.2, 0) is 0 Å². The van der Waals surface area contributed by atoms with E-state index in [1.165, 1.54) is 9.34 Å². The van der Waals surface area contributed by atoms with Crippen molar-refractivity contribution in [2.24, 2.45) is 0 Å². The number of nitrogens with zero attached hydrogens (tertiary/aromatic N) is 4. The molecule has 2 unspecified atom stereocenters. The van der Waals surface area contributed by atoms with Crippen molar-refractivity contribution in [2.45, 2.75) is 8.19 Å². The molecule has 0 aromatic heterocycles. The molecule has 4 amide bonds. The number of carbonyl (C=O) groups excluding carboxylic acids is 2. The second-order valence-electron chi connectivity index (χ2n) is 4.91. The summed E-state index contributed by atoms with van der Waals surface area (Å²) in [6.07, 6.45) is 0. The second-order valence-corrected chi connectivity index (χ2v) is 20.4. The van der Waals surface area contributed by atoms with Crippen LogP contribution in [0.5, 0.6) is 0 Å². The first-order valence-corrected chi connectivity index (χ1v) is 13.7. The summed E-state index contributed by atoms with van der Waals surface area (Å²) >= 11 is 26.9. The zero-order chi connectivity index (χ0) is 16.8. The van der Waals surface area contributed by atoms with E-state index in [4.69, 9.17) is 45.7 Å². The highest BCUT2D eigenvalue weighted by atomic mass is 35.7. The molecular weight excluding hydrogens is 450 g/mol. The zero-order valence-electron chi connectivity index (χ0n) is 11.9. The standard InChI is InChI=1S/C8H12Cl4N4O2P4/c1-13-5(17)15(3)21(11)7(9)19(13)8(10)20(7)14(2)6(18)16(4)22(8)12/h1-4H3. The molecule has 3 aliphatic rings. The number of halogens is 4. The van der Waals surface area contributed by atoms with Crippen molar-refractivity contribution < 1.29 is 9.59 Å². The van der Waals surface area contributed by atoms with Gasteiger partial charge in [-0.1, -0.05) is 45.7 Å². The molecule has 0 N–H and O–H groups in total. The minimum atomic E-state index is -1.48. The fourth-order valence-corrected chi connectivity index (χ4v) is 28.3. The molecule has 3 rings (SSSR count). The van der Waals surface area contributed by atoms with Crippen LogP contribution in [0.25, 0.3) is 0 Å². The van der Waals surface area contributed by atoms with Gasteiger partial charge in [0.2, 0.25) is 0 Å². The number of rotatable bonds is 0. The van der Waals surface area contributed by atoms with Gasteiger partial charge in [-0.15, -0.1) is 0 Å². The van der Waals surface area contributed by atoms with Crippen LogP contribution in [0.4, 0.5) is 9.59 Å². The van der Waals surface area contributed by atoms with Crippen molar-refractivity contribution in [3.8, 4) is 0 Å². The average molecular weight is 462 g/mol. The van der Waals surface area contributed by atoms with E-state index >= 15 is 0 Å². The molecule has 2 atom stereocenters. The van der Waals surface area contributed by atoms with Gasteiger partial charge in [-0.25, -0.2) is 9.59 Å². The van der Waals surface area contributed by atoms with Crippen LogP contribution >= 0.6 is 76.7 Å². The van der Waals surface area contributed by atoms with E-state index in [1.54, 1.807) is 37.5 Å². The van der Waals surface area contributed by atoms with Crippen molar-refractivity contribution in [3.63, 3.8) is 0 Å². The average Bonchev–Trinajstić information content (AvgIpc) is 2.47. The smallest absolute Gasteiger partial charge is 0.301 e. The van der Waals surface area contributed by atoms with E-state index < -0.39 is 39.2 Å². The summed E-state index contributed by atoms with van der Waals surface area (Å²) in [6.45, 7) is 0. The third-order valence-corrected chi connectivity index (χ3v) is 24.3. The van der Waals surface area contributed by atoms with Crippen molar-refractivity contribution in [3.05, 3.63) is 0 Å².